The number of halogens is 2. The van der Waals surface area contributed by atoms with Crippen molar-refractivity contribution in [3.8, 4) is 0 Å². The van der Waals surface area contributed by atoms with E-state index in [-0.39, 0.29) is 17.8 Å². The van der Waals surface area contributed by atoms with E-state index < -0.39 is 17.8 Å². The molecule has 1 aromatic carbocycles. The zero-order chi connectivity index (χ0) is 15.7. The minimum Gasteiger partial charge on any atom is -0.303 e. The molecule has 1 fully saturated rings. The summed E-state index contributed by atoms with van der Waals surface area (Å²) in [6.45, 7) is -0.111. The third-order valence-electron chi connectivity index (χ3n) is 3.13. The second-order valence-corrected chi connectivity index (χ2v) is 6.36. The molecule has 1 aliphatic rings. The molecule has 1 aromatic heterocycles. The van der Waals surface area contributed by atoms with Crippen LogP contribution in [0.2, 0.25) is 4.34 Å². The molecule has 112 valence electrons. The number of rotatable bonds is 3. The van der Waals surface area contributed by atoms with Crippen molar-refractivity contribution in [2.75, 3.05) is 0 Å². The molecule has 4 nitrogen and oxygen atoms in total. The summed E-state index contributed by atoms with van der Waals surface area (Å²) in [7, 11) is 0. The van der Waals surface area contributed by atoms with Crippen molar-refractivity contribution >= 4 is 41.0 Å². The molecule has 0 atom stereocenters. The highest BCUT2D eigenvalue weighted by atomic mass is 35.5. The number of hydrogen-bond donors (Lipinski definition) is 1. The van der Waals surface area contributed by atoms with Crippen LogP contribution in [-0.4, -0.2) is 16.8 Å². The van der Waals surface area contributed by atoms with Crippen LogP contribution in [0.3, 0.4) is 0 Å². The Balaban J connectivity index is 1.83. The quantitative estimate of drug-likeness (QED) is 0.687. The number of amides is 3. The van der Waals surface area contributed by atoms with Gasteiger partial charge in [-0.3, -0.25) is 9.69 Å². The first kappa shape index (κ1) is 14.7. The van der Waals surface area contributed by atoms with Gasteiger partial charge in [-0.15, -0.1) is 11.3 Å². The van der Waals surface area contributed by atoms with Gasteiger partial charge in [0.1, 0.15) is 11.5 Å². The van der Waals surface area contributed by atoms with E-state index in [1.807, 2.05) is 0 Å². The van der Waals surface area contributed by atoms with Gasteiger partial charge in [-0.1, -0.05) is 29.8 Å². The van der Waals surface area contributed by atoms with Crippen molar-refractivity contribution in [3.05, 3.63) is 62.7 Å². The van der Waals surface area contributed by atoms with Gasteiger partial charge in [0.15, 0.2) is 0 Å². The zero-order valence-electron chi connectivity index (χ0n) is 11.2. The Morgan fingerprint density at radius 3 is 2.68 bits per heavy atom. The second kappa shape index (κ2) is 5.90. The molecule has 3 amide bonds. The van der Waals surface area contributed by atoms with Gasteiger partial charge in [0.05, 0.1) is 10.9 Å². The van der Waals surface area contributed by atoms with E-state index in [2.05, 4.69) is 5.32 Å². The van der Waals surface area contributed by atoms with Crippen molar-refractivity contribution in [2.45, 2.75) is 6.54 Å². The van der Waals surface area contributed by atoms with E-state index in [9.17, 15) is 14.0 Å². The highest BCUT2D eigenvalue weighted by Gasteiger charge is 2.34. The number of hydrogen-bond acceptors (Lipinski definition) is 3. The van der Waals surface area contributed by atoms with Gasteiger partial charge in [0.25, 0.3) is 5.91 Å². The SMILES string of the molecule is O=C1NC(=Cc2ccc(Cl)s2)C(=O)N1Cc1ccccc1F. The first-order chi connectivity index (χ1) is 10.5. The Morgan fingerprint density at radius 2 is 2.00 bits per heavy atom. The van der Waals surface area contributed by atoms with Crippen LogP contribution in [0.4, 0.5) is 9.18 Å². The number of nitrogens with one attached hydrogen (secondary N) is 1. The fourth-order valence-electron chi connectivity index (χ4n) is 2.06. The van der Waals surface area contributed by atoms with Crippen molar-refractivity contribution < 1.29 is 14.0 Å². The lowest BCUT2D eigenvalue weighted by Gasteiger charge is -2.12. The number of benzene rings is 1. The molecule has 0 saturated carbocycles. The van der Waals surface area contributed by atoms with Gasteiger partial charge in [-0.2, -0.15) is 0 Å². The third-order valence-corrected chi connectivity index (χ3v) is 4.31. The van der Waals surface area contributed by atoms with E-state index in [0.717, 1.165) is 9.78 Å². The van der Waals surface area contributed by atoms with Gasteiger partial charge >= 0.3 is 6.03 Å². The third kappa shape index (κ3) is 2.88. The summed E-state index contributed by atoms with van der Waals surface area (Å²) in [5.74, 6) is -0.941. The fraction of sp³-hybridized carbons (Fsp3) is 0.0667. The average molecular weight is 337 g/mol. The Bertz CT molecular complexity index is 787. The zero-order valence-corrected chi connectivity index (χ0v) is 12.7. The van der Waals surface area contributed by atoms with Crippen molar-refractivity contribution in [1.82, 2.24) is 10.2 Å². The summed E-state index contributed by atoms with van der Waals surface area (Å²) in [5.41, 5.74) is 0.436. The molecule has 0 bridgehead atoms. The van der Waals surface area contributed by atoms with Crippen LogP contribution in [0.15, 0.2) is 42.1 Å². The van der Waals surface area contributed by atoms with Crippen LogP contribution in [0.5, 0.6) is 0 Å². The topological polar surface area (TPSA) is 49.4 Å². The molecular formula is C15H10ClFN2O2S. The minimum absolute atomic E-state index is 0.111. The summed E-state index contributed by atoms with van der Waals surface area (Å²) < 4.78 is 14.2. The number of carbonyl (C=O) groups excluding carboxylic acids is 2. The molecule has 22 heavy (non-hydrogen) atoms. The number of thiophene rings is 1. The van der Waals surface area contributed by atoms with E-state index in [1.165, 1.54) is 23.5 Å². The highest BCUT2D eigenvalue weighted by molar-refractivity contribution is 7.17. The summed E-state index contributed by atoms with van der Waals surface area (Å²) in [5, 5.41) is 2.49. The van der Waals surface area contributed by atoms with Gasteiger partial charge in [0.2, 0.25) is 0 Å². The van der Waals surface area contributed by atoms with Gasteiger partial charge in [-0.05, 0) is 24.3 Å². The molecule has 3 rings (SSSR count). The summed E-state index contributed by atoms with van der Waals surface area (Å²) >= 11 is 7.12. The van der Waals surface area contributed by atoms with Gasteiger partial charge in [0, 0.05) is 10.4 Å². The monoisotopic (exact) mass is 336 g/mol. The lowest BCUT2D eigenvalue weighted by atomic mass is 10.2. The molecule has 2 heterocycles. The van der Waals surface area contributed by atoms with Gasteiger partial charge < -0.3 is 5.32 Å². The smallest absolute Gasteiger partial charge is 0.303 e. The first-order valence-corrected chi connectivity index (χ1v) is 7.57. The number of nitrogens with zero attached hydrogens (tertiary/aromatic N) is 1. The van der Waals surface area contributed by atoms with Crippen LogP contribution < -0.4 is 5.32 Å². The van der Waals surface area contributed by atoms with Crippen molar-refractivity contribution in [3.63, 3.8) is 0 Å². The number of urea groups is 1. The highest BCUT2D eigenvalue weighted by Crippen LogP contribution is 2.25. The maximum atomic E-state index is 13.6. The van der Waals surface area contributed by atoms with Crippen molar-refractivity contribution in [1.29, 1.82) is 0 Å². The molecule has 0 radical (unpaired) electrons. The van der Waals surface area contributed by atoms with Crippen LogP contribution in [0, 0.1) is 5.82 Å². The molecule has 0 spiro atoms. The molecule has 0 unspecified atom stereocenters. The average Bonchev–Trinajstić information content (AvgIpc) is 3.00. The Kier molecular flexibility index (Phi) is 3.96. The lowest BCUT2D eigenvalue weighted by Crippen LogP contribution is -2.30. The Hall–Kier alpha value is -2.18. The van der Waals surface area contributed by atoms with Crippen LogP contribution in [-0.2, 0) is 11.3 Å². The maximum absolute atomic E-state index is 13.6. The van der Waals surface area contributed by atoms with Crippen molar-refractivity contribution in [2.24, 2.45) is 0 Å². The second-order valence-electron chi connectivity index (χ2n) is 4.61. The van der Waals surface area contributed by atoms with Crippen LogP contribution in [0.25, 0.3) is 6.08 Å². The maximum Gasteiger partial charge on any atom is 0.329 e. The van der Waals surface area contributed by atoms with E-state index in [4.69, 9.17) is 11.6 Å². The van der Waals surface area contributed by atoms with Crippen LogP contribution >= 0.6 is 22.9 Å². The predicted octanol–water partition coefficient (Wildman–Crippen LogP) is 3.63. The number of imide groups is 1. The van der Waals surface area contributed by atoms with E-state index in [1.54, 1.807) is 30.3 Å². The molecule has 0 aliphatic carbocycles. The summed E-state index contributed by atoms with van der Waals surface area (Å²) in [4.78, 5) is 25.9. The Labute approximate surface area is 134 Å². The molecule has 1 aliphatic heterocycles. The number of carbonyl (C=O) groups is 2. The van der Waals surface area contributed by atoms with Gasteiger partial charge in [-0.25, -0.2) is 9.18 Å². The lowest BCUT2D eigenvalue weighted by molar-refractivity contribution is -0.123. The standard InChI is InChI=1S/C15H10ClFN2O2S/c16-13-6-5-10(22-13)7-12-14(20)19(15(21)18-12)8-9-3-1-2-4-11(9)17/h1-7H,8H2,(H,18,21). The predicted molar refractivity (Wildman–Crippen MR) is 82.8 cm³/mol. The first-order valence-electron chi connectivity index (χ1n) is 6.38. The largest absolute Gasteiger partial charge is 0.329 e. The molecule has 7 heteroatoms. The molecule has 1 N–H and O–H groups in total. The fourth-order valence-corrected chi connectivity index (χ4v) is 3.06. The molecule has 1 saturated heterocycles. The normalized spacial score (nSPS) is 16.5. The molecular weight excluding hydrogens is 327 g/mol. The Morgan fingerprint density at radius 1 is 1.23 bits per heavy atom. The summed E-state index contributed by atoms with van der Waals surface area (Å²) in [6.07, 6.45) is 1.55. The van der Waals surface area contributed by atoms with E-state index >= 15 is 0 Å². The minimum atomic E-state index is -0.567. The van der Waals surface area contributed by atoms with Crippen LogP contribution in [0.1, 0.15) is 10.4 Å². The summed E-state index contributed by atoms with van der Waals surface area (Å²) in [6, 6.07) is 8.92. The molecule has 2 aromatic rings. The van der Waals surface area contributed by atoms with E-state index in [0.29, 0.717) is 4.34 Å².